The van der Waals surface area contributed by atoms with Gasteiger partial charge in [0.05, 0.1) is 6.10 Å². The van der Waals surface area contributed by atoms with Crippen LogP contribution in [0, 0.1) is 0 Å². The maximum absolute atomic E-state index is 12.1. The largest absolute Gasteiger partial charge is 0.364 e. The number of nitrogens with zero attached hydrogens (tertiary/aromatic N) is 1. The Labute approximate surface area is 156 Å². The fourth-order valence-electron chi connectivity index (χ4n) is 3.27. The summed E-state index contributed by atoms with van der Waals surface area (Å²) in [6.45, 7) is 4.08. The first-order valence-electron chi connectivity index (χ1n) is 8.18. The summed E-state index contributed by atoms with van der Waals surface area (Å²) in [5.41, 5.74) is 8.43. The molecule has 2 heterocycles. The maximum Gasteiger partial charge on any atom is 0.249 e. The summed E-state index contributed by atoms with van der Waals surface area (Å²) >= 11 is 0. The van der Waals surface area contributed by atoms with Gasteiger partial charge in [0.1, 0.15) is 6.10 Å². The van der Waals surface area contributed by atoms with Gasteiger partial charge in [-0.1, -0.05) is 24.3 Å². The average Bonchev–Trinajstić information content (AvgIpc) is 3.04. The molecule has 1 fully saturated rings. The minimum atomic E-state index is -0.310. The number of fused-ring (bicyclic) bond motifs is 1. The molecular formula is C17H27Cl2N3O2. The molecule has 1 saturated heterocycles. The van der Waals surface area contributed by atoms with E-state index in [9.17, 15) is 4.79 Å². The van der Waals surface area contributed by atoms with E-state index in [1.165, 1.54) is 11.1 Å². The van der Waals surface area contributed by atoms with Crippen LogP contribution in [0.25, 0.3) is 0 Å². The van der Waals surface area contributed by atoms with Crippen molar-refractivity contribution in [2.24, 2.45) is 5.73 Å². The highest BCUT2D eigenvalue weighted by atomic mass is 35.5. The quantitative estimate of drug-likeness (QED) is 0.818. The molecule has 2 aliphatic rings. The van der Waals surface area contributed by atoms with E-state index in [1.54, 1.807) is 0 Å². The van der Waals surface area contributed by atoms with E-state index < -0.39 is 0 Å². The van der Waals surface area contributed by atoms with Crippen molar-refractivity contribution in [2.45, 2.75) is 38.0 Å². The molecule has 3 rings (SSSR count). The number of nitrogens with one attached hydrogen (secondary N) is 1. The van der Waals surface area contributed by atoms with Crippen LogP contribution in [0.5, 0.6) is 0 Å². The van der Waals surface area contributed by atoms with E-state index in [4.69, 9.17) is 10.5 Å². The molecule has 0 unspecified atom stereocenters. The van der Waals surface area contributed by atoms with Crippen LogP contribution in [0.15, 0.2) is 24.3 Å². The molecule has 7 heteroatoms. The maximum atomic E-state index is 12.1. The summed E-state index contributed by atoms with van der Waals surface area (Å²) in [6.07, 6.45) is 2.50. The zero-order chi connectivity index (χ0) is 15.4. The lowest BCUT2D eigenvalue weighted by molar-refractivity contribution is -0.131. The Hall–Kier alpha value is -0.850. The van der Waals surface area contributed by atoms with E-state index in [-0.39, 0.29) is 42.9 Å². The molecule has 0 aliphatic carbocycles. The minimum Gasteiger partial charge on any atom is -0.364 e. The first kappa shape index (κ1) is 21.2. The van der Waals surface area contributed by atoms with E-state index in [0.717, 1.165) is 38.9 Å². The Morgan fingerprint density at radius 3 is 2.71 bits per heavy atom. The molecule has 0 saturated carbocycles. The van der Waals surface area contributed by atoms with Gasteiger partial charge in [0.25, 0.3) is 0 Å². The predicted molar refractivity (Wildman–Crippen MR) is 99.9 cm³/mol. The highest BCUT2D eigenvalue weighted by Crippen LogP contribution is 2.19. The molecule has 136 valence electrons. The van der Waals surface area contributed by atoms with Crippen molar-refractivity contribution in [3.63, 3.8) is 0 Å². The number of halogens is 2. The second kappa shape index (κ2) is 10.2. The summed E-state index contributed by atoms with van der Waals surface area (Å²) in [7, 11) is 0. The number of nitrogens with two attached hydrogens (primary N) is 1. The summed E-state index contributed by atoms with van der Waals surface area (Å²) in [4.78, 5) is 14.4. The molecule has 24 heavy (non-hydrogen) atoms. The number of hydrogen-bond donors (Lipinski definition) is 2. The number of rotatable bonds is 5. The fourth-order valence-corrected chi connectivity index (χ4v) is 3.27. The third-order valence-corrected chi connectivity index (χ3v) is 4.60. The van der Waals surface area contributed by atoms with Crippen LogP contribution in [0.1, 0.15) is 24.0 Å². The van der Waals surface area contributed by atoms with Gasteiger partial charge >= 0.3 is 0 Å². The van der Waals surface area contributed by atoms with Crippen LogP contribution in [-0.4, -0.2) is 49.2 Å². The SMILES string of the molecule is Cl.Cl.NC[C@H]1CC[C@@H](C(=O)NCCN2CCc3ccccc3C2)O1. The Bertz CT molecular complexity index is 530. The minimum absolute atomic E-state index is 0. The molecule has 0 bridgehead atoms. The van der Waals surface area contributed by atoms with E-state index in [0.29, 0.717) is 13.1 Å². The highest BCUT2D eigenvalue weighted by Gasteiger charge is 2.29. The normalized spacial score (nSPS) is 22.9. The topological polar surface area (TPSA) is 67.6 Å². The number of carbonyl (C=O) groups excluding carboxylic acids is 1. The fraction of sp³-hybridized carbons (Fsp3) is 0.588. The Morgan fingerprint density at radius 1 is 1.25 bits per heavy atom. The van der Waals surface area contributed by atoms with Crippen LogP contribution in [0.4, 0.5) is 0 Å². The summed E-state index contributed by atoms with van der Waals surface area (Å²) in [5.74, 6) is 0.00774. The van der Waals surface area contributed by atoms with Crippen molar-refractivity contribution in [3.8, 4) is 0 Å². The lowest BCUT2D eigenvalue weighted by Gasteiger charge is -2.28. The molecular weight excluding hydrogens is 349 g/mol. The molecule has 1 aromatic carbocycles. The summed E-state index contributed by atoms with van der Waals surface area (Å²) in [5, 5.41) is 2.99. The van der Waals surface area contributed by atoms with E-state index in [2.05, 4.69) is 34.5 Å². The number of ether oxygens (including phenoxy) is 1. The molecule has 0 spiro atoms. The second-order valence-electron chi connectivity index (χ2n) is 6.15. The van der Waals surface area contributed by atoms with Crippen molar-refractivity contribution in [3.05, 3.63) is 35.4 Å². The Morgan fingerprint density at radius 2 is 2.00 bits per heavy atom. The second-order valence-corrected chi connectivity index (χ2v) is 6.15. The smallest absolute Gasteiger partial charge is 0.249 e. The van der Waals surface area contributed by atoms with E-state index in [1.807, 2.05) is 0 Å². The van der Waals surface area contributed by atoms with Gasteiger partial charge < -0.3 is 15.8 Å². The lowest BCUT2D eigenvalue weighted by atomic mass is 10.00. The Kier molecular flexibility index (Phi) is 9.02. The van der Waals surface area contributed by atoms with Gasteiger partial charge in [-0.3, -0.25) is 9.69 Å². The van der Waals surface area contributed by atoms with Crippen molar-refractivity contribution >= 4 is 30.7 Å². The molecule has 3 N–H and O–H groups in total. The molecule has 1 aromatic rings. The summed E-state index contributed by atoms with van der Waals surface area (Å²) < 4.78 is 5.61. The highest BCUT2D eigenvalue weighted by molar-refractivity contribution is 5.85. The van der Waals surface area contributed by atoms with Gasteiger partial charge in [-0.05, 0) is 30.4 Å². The molecule has 1 amide bonds. The molecule has 5 nitrogen and oxygen atoms in total. The lowest BCUT2D eigenvalue weighted by Crippen LogP contribution is -2.41. The standard InChI is InChI=1S/C17H25N3O2.2ClH/c18-11-15-5-6-16(22-15)17(21)19-8-10-20-9-7-13-3-1-2-4-14(13)12-20;;/h1-4,15-16H,5-12,18H2,(H,19,21);2*1H/t15-,16+;;/m1../s1. The zero-order valence-corrected chi connectivity index (χ0v) is 15.4. The number of benzene rings is 1. The van der Waals surface area contributed by atoms with Gasteiger partial charge in [0.2, 0.25) is 5.91 Å². The predicted octanol–water partition coefficient (Wildman–Crippen LogP) is 1.51. The van der Waals surface area contributed by atoms with Crippen LogP contribution < -0.4 is 11.1 Å². The molecule has 0 aromatic heterocycles. The van der Waals surface area contributed by atoms with Crippen LogP contribution in [0.2, 0.25) is 0 Å². The third-order valence-electron chi connectivity index (χ3n) is 4.60. The van der Waals surface area contributed by atoms with Crippen LogP contribution in [-0.2, 0) is 22.5 Å². The van der Waals surface area contributed by atoms with Gasteiger partial charge in [-0.2, -0.15) is 0 Å². The first-order chi connectivity index (χ1) is 10.8. The summed E-state index contributed by atoms with van der Waals surface area (Å²) in [6, 6.07) is 8.60. The van der Waals surface area contributed by atoms with Crippen LogP contribution in [0.3, 0.4) is 0 Å². The van der Waals surface area contributed by atoms with Crippen molar-refractivity contribution in [1.29, 1.82) is 0 Å². The van der Waals surface area contributed by atoms with Crippen LogP contribution >= 0.6 is 24.8 Å². The molecule has 2 atom stereocenters. The Balaban J connectivity index is 0.00000144. The molecule has 2 aliphatic heterocycles. The van der Waals surface area contributed by atoms with Gasteiger partial charge in [-0.25, -0.2) is 0 Å². The van der Waals surface area contributed by atoms with Crippen molar-refractivity contribution in [1.82, 2.24) is 10.2 Å². The van der Waals surface area contributed by atoms with Gasteiger partial charge in [-0.15, -0.1) is 24.8 Å². The third kappa shape index (κ3) is 5.33. The van der Waals surface area contributed by atoms with Crippen molar-refractivity contribution < 1.29 is 9.53 Å². The zero-order valence-electron chi connectivity index (χ0n) is 13.8. The number of amides is 1. The number of hydrogen-bond acceptors (Lipinski definition) is 4. The monoisotopic (exact) mass is 375 g/mol. The molecule has 0 radical (unpaired) electrons. The number of carbonyl (C=O) groups is 1. The van der Waals surface area contributed by atoms with Gasteiger partial charge in [0, 0.05) is 32.7 Å². The van der Waals surface area contributed by atoms with Crippen molar-refractivity contribution in [2.75, 3.05) is 26.2 Å². The average molecular weight is 376 g/mol. The van der Waals surface area contributed by atoms with E-state index >= 15 is 0 Å². The first-order valence-corrected chi connectivity index (χ1v) is 8.18. The van der Waals surface area contributed by atoms with Gasteiger partial charge in [0.15, 0.2) is 0 Å².